The predicted octanol–water partition coefficient (Wildman–Crippen LogP) is 3.29. The number of hydrogen-bond acceptors (Lipinski definition) is 5. The van der Waals surface area contributed by atoms with Crippen molar-refractivity contribution in [1.29, 1.82) is 0 Å². The van der Waals surface area contributed by atoms with E-state index in [9.17, 15) is 9.59 Å². The van der Waals surface area contributed by atoms with Gasteiger partial charge in [0.25, 0.3) is 0 Å². The molecule has 0 aromatic heterocycles. The van der Waals surface area contributed by atoms with Crippen molar-refractivity contribution in [3.8, 4) is 5.75 Å². The van der Waals surface area contributed by atoms with Gasteiger partial charge in [0.1, 0.15) is 11.4 Å². The van der Waals surface area contributed by atoms with Crippen molar-refractivity contribution in [2.45, 2.75) is 58.7 Å². The normalized spacial score (nSPS) is 11.7. The van der Waals surface area contributed by atoms with E-state index >= 15 is 0 Å². The van der Waals surface area contributed by atoms with Crippen molar-refractivity contribution in [3.05, 3.63) is 29.8 Å². The second-order valence-corrected chi connectivity index (χ2v) is 6.83. The number of ether oxygens (including phenoxy) is 3. The van der Waals surface area contributed by atoms with Crippen molar-refractivity contribution < 1.29 is 23.8 Å². The summed E-state index contributed by atoms with van der Waals surface area (Å²) in [6.07, 6.45) is 0.933. The number of benzene rings is 1. The Morgan fingerprint density at radius 1 is 1.00 bits per heavy atom. The van der Waals surface area contributed by atoms with Crippen LogP contribution in [0.3, 0.4) is 0 Å². The molecule has 0 saturated carbocycles. The van der Waals surface area contributed by atoms with Gasteiger partial charge in [-0.05, 0) is 58.7 Å². The maximum Gasteiger partial charge on any atom is 0.350 e. The first kappa shape index (κ1) is 19.0. The fourth-order valence-corrected chi connectivity index (χ4v) is 1.81. The molecular formula is C18H26O5. The number of hydrogen-bond donors (Lipinski definition) is 0. The molecule has 128 valence electrons. The van der Waals surface area contributed by atoms with Crippen LogP contribution < -0.4 is 4.74 Å². The maximum absolute atomic E-state index is 12.2. The van der Waals surface area contributed by atoms with Gasteiger partial charge in [0.05, 0.1) is 7.11 Å². The topological polar surface area (TPSA) is 61.8 Å². The molecule has 5 nitrogen and oxygen atoms in total. The Hall–Kier alpha value is -2.04. The summed E-state index contributed by atoms with van der Waals surface area (Å²) in [5.41, 5.74) is -0.645. The molecule has 0 amide bonds. The third-order valence-corrected chi connectivity index (χ3v) is 3.03. The van der Waals surface area contributed by atoms with Gasteiger partial charge in [0.15, 0.2) is 5.60 Å². The van der Waals surface area contributed by atoms with E-state index in [1.54, 1.807) is 26.0 Å². The summed E-state index contributed by atoms with van der Waals surface area (Å²) in [7, 11) is 1.37. The van der Waals surface area contributed by atoms with Crippen molar-refractivity contribution in [2.24, 2.45) is 0 Å². The van der Waals surface area contributed by atoms with Gasteiger partial charge in [-0.25, -0.2) is 4.79 Å². The maximum atomic E-state index is 12.2. The highest BCUT2D eigenvalue weighted by atomic mass is 16.6. The van der Waals surface area contributed by atoms with Crippen LogP contribution in [0.25, 0.3) is 0 Å². The van der Waals surface area contributed by atoms with Gasteiger partial charge in [0, 0.05) is 6.42 Å². The average molecular weight is 322 g/mol. The van der Waals surface area contributed by atoms with Crippen LogP contribution in [0.4, 0.5) is 0 Å². The minimum atomic E-state index is -1.08. The van der Waals surface area contributed by atoms with E-state index in [-0.39, 0.29) is 5.97 Å². The Kier molecular flexibility index (Phi) is 6.19. The van der Waals surface area contributed by atoms with Gasteiger partial charge in [-0.2, -0.15) is 0 Å². The van der Waals surface area contributed by atoms with E-state index in [2.05, 4.69) is 4.74 Å². The molecule has 0 heterocycles. The van der Waals surface area contributed by atoms with Gasteiger partial charge in [0.2, 0.25) is 0 Å². The lowest BCUT2D eigenvalue weighted by Gasteiger charge is -2.29. The number of carbonyl (C=O) groups is 2. The van der Waals surface area contributed by atoms with Crippen LogP contribution in [0.2, 0.25) is 0 Å². The molecule has 5 heteroatoms. The van der Waals surface area contributed by atoms with E-state index in [1.807, 2.05) is 32.9 Å². The molecule has 0 saturated heterocycles. The fourth-order valence-electron chi connectivity index (χ4n) is 1.81. The summed E-state index contributed by atoms with van der Waals surface area (Å²) in [5, 5.41) is 0. The minimum Gasteiger partial charge on any atom is -0.476 e. The van der Waals surface area contributed by atoms with Crippen LogP contribution in [0.15, 0.2) is 24.3 Å². The first-order valence-corrected chi connectivity index (χ1v) is 7.62. The molecule has 1 aromatic rings. The highest BCUT2D eigenvalue weighted by Crippen LogP contribution is 2.22. The van der Waals surface area contributed by atoms with Crippen LogP contribution >= 0.6 is 0 Å². The highest BCUT2D eigenvalue weighted by molar-refractivity contribution is 5.79. The number of esters is 2. The highest BCUT2D eigenvalue weighted by Gasteiger charge is 2.34. The molecule has 0 aliphatic carbocycles. The van der Waals surface area contributed by atoms with E-state index in [0.29, 0.717) is 18.6 Å². The lowest BCUT2D eigenvalue weighted by molar-refractivity contribution is -0.170. The van der Waals surface area contributed by atoms with E-state index in [1.165, 1.54) is 7.11 Å². The van der Waals surface area contributed by atoms with Crippen molar-refractivity contribution in [3.63, 3.8) is 0 Å². The average Bonchev–Trinajstić information content (AvgIpc) is 2.44. The molecule has 0 atom stereocenters. The SMILES string of the molecule is COC(=O)CCc1ccc(OC(C)(C)C(=O)OC(C)(C)C)cc1. The molecular weight excluding hydrogens is 296 g/mol. The standard InChI is InChI=1S/C18H26O5/c1-17(2,3)23-16(20)18(4,5)22-14-10-7-13(8-11-14)9-12-15(19)21-6/h7-8,10-11H,9,12H2,1-6H3. The number of rotatable bonds is 6. The Labute approximate surface area is 137 Å². The molecule has 23 heavy (non-hydrogen) atoms. The molecule has 1 aromatic carbocycles. The summed E-state index contributed by atoms with van der Waals surface area (Å²) in [6.45, 7) is 8.80. The van der Waals surface area contributed by atoms with Crippen LogP contribution in [0, 0.1) is 0 Å². The smallest absolute Gasteiger partial charge is 0.350 e. The molecule has 0 N–H and O–H groups in total. The van der Waals surface area contributed by atoms with Gasteiger partial charge >= 0.3 is 11.9 Å². The zero-order chi connectivity index (χ0) is 17.7. The summed E-state index contributed by atoms with van der Waals surface area (Å²) in [5.74, 6) is -0.0844. The number of aryl methyl sites for hydroxylation is 1. The summed E-state index contributed by atoms with van der Waals surface area (Å²) >= 11 is 0. The molecule has 0 spiro atoms. The van der Waals surface area contributed by atoms with Crippen LogP contribution in [-0.2, 0) is 25.5 Å². The lowest BCUT2D eigenvalue weighted by Crippen LogP contribution is -2.43. The van der Waals surface area contributed by atoms with E-state index in [4.69, 9.17) is 9.47 Å². The lowest BCUT2D eigenvalue weighted by atomic mass is 10.1. The Morgan fingerprint density at radius 3 is 2.04 bits per heavy atom. The van der Waals surface area contributed by atoms with Crippen LogP contribution in [0.5, 0.6) is 5.75 Å². The number of methoxy groups -OCH3 is 1. The van der Waals surface area contributed by atoms with Crippen molar-refractivity contribution in [2.75, 3.05) is 7.11 Å². The predicted molar refractivity (Wildman–Crippen MR) is 87.3 cm³/mol. The third-order valence-electron chi connectivity index (χ3n) is 3.03. The fraction of sp³-hybridized carbons (Fsp3) is 0.556. The minimum absolute atomic E-state index is 0.239. The van der Waals surface area contributed by atoms with E-state index < -0.39 is 17.2 Å². The first-order chi connectivity index (χ1) is 10.5. The second kappa shape index (κ2) is 7.49. The van der Waals surface area contributed by atoms with Gasteiger partial charge in [-0.1, -0.05) is 12.1 Å². The van der Waals surface area contributed by atoms with Crippen LogP contribution in [0.1, 0.15) is 46.6 Å². The van der Waals surface area contributed by atoms with Gasteiger partial charge in [-0.3, -0.25) is 4.79 Å². The summed E-state index contributed by atoms with van der Waals surface area (Å²) in [4.78, 5) is 23.3. The monoisotopic (exact) mass is 322 g/mol. The van der Waals surface area contributed by atoms with Crippen molar-refractivity contribution in [1.82, 2.24) is 0 Å². The first-order valence-electron chi connectivity index (χ1n) is 7.62. The zero-order valence-corrected chi connectivity index (χ0v) is 14.8. The zero-order valence-electron chi connectivity index (χ0n) is 14.8. The van der Waals surface area contributed by atoms with E-state index in [0.717, 1.165) is 5.56 Å². The third kappa shape index (κ3) is 6.72. The van der Waals surface area contributed by atoms with Gasteiger partial charge < -0.3 is 14.2 Å². The Bertz CT molecular complexity index is 538. The Balaban J connectivity index is 2.66. The molecule has 0 bridgehead atoms. The molecule has 0 aliphatic heterocycles. The molecule has 1 rings (SSSR count). The molecule has 0 radical (unpaired) electrons. The summed E-state index contributed by atoms with van der Waals surface area (Å²) in [6, 6.07) is 7.28. The van der Waals surface area contributed by atoms with Gasteiger partial charge in [-0.15, -0.1) is 0 Å². The Morgan fingerprint density at radius 2 is 1.57 bits per heavy atom. The van der Waals surface area contributed by atoms with Crippen molar-refractivity contribution >= 4 is 11.9 Å². The molecule has 0 aliphatic rings. The largest absolute Gasteiger partial charge is 0.476 e. The quantitative estimate of drug-likeness (QED) is 0.752. The van der Waals surface area contributed by atoms with Crippen LogP contribution in [-0.4, -0.2) is 30.3 Å². The molecule has 0 fully saturated rings. The second-order valence-electron chi connectivity index (χ2n) is 6.83. The summed E-state index contributed by atoms with van der Waals surface area (Å²) < 4.78 is 15.7. The molecule has 0 unspecified atom stereocenters. The number of carbonyl (C=O) groups excluding carboxylic acids is 2.